The molecule has 5 heteroatoms. The molecule has 18 heavy (non-hydrogen) atoms. The average Bonchev–Trinajstić information content (AvgIpc) is 2.29. The molecule has 0 radical (unpaired) electrons. The SMILES string of the molecule is CC(C)OP(=O)(Oc1ccccc1)C(C)(C)CN. The summed E-state index contributed by atoms with van der Waals surface area (Å²) in [5.74, 6) is 0.531. The standard InChI is InChI=1S/C13H22NO3P/c1-11(2)16-18(15,13(3,4)10-14)17-12-8-6-5-7-9-12/h5-9,11H,10,14H2,1-4H3. The van der Waals surface area contributed by atoms with E-state index in [4.69, 9.17) is 14.8 Å². The predicted octanol–water partition coefficient (Wildman–Crippen LogP) is 3.42. The summed E-state index contributed by atoms with van der Waals surface area (Å²) < 4.78 is 24.1. The minimum atomic E-state index is -3.33. The summed E-state index contributed by atoms with van der Waals surface area (Å²) in [5, 5.41) is -0.729. The fourth-order valence-corrected chi connectivity index (χ4v) is 3.05. The van der Waals surface area contributed by atoms with E-state index in [-0.39, 0.29) is 12.6 Å². The van der Waals surface area contributed by atoms with Gasteiger partial charge in [-0.1, -0.05) is 18.2 Å². The van der Waals surface area contributed by atoms with Crippen molar-refractivity contribution < 1.29 is 13.6 Å². The lowest BCUT2D eigenvalue weighted by Gasteiger charge is -2.33. The second-order valence-electron chi connectivity index (χ2n) is 5.07. The minimum Gasteiger partial charge on any atom is -0.424 e. The third-order valence-electron chi connectivity index (χ3n) is 2.56. The fraction of sp³-hybridized carbons (Fsp3) is 0.538. The van der Waals surface area contributed by atoms with Crippen LogP contribution < -0.4 is 10.3 Å². The van der Waals surface area contributed by atoms with Gasteiger partial charge in [0, 0.05) is 6.54 Å². The molecule has 0 fully saturated rings. The molecule has 0 saturated heterocycles. The lowest BCUT2D eigenvalue weighted by atomic mass is 10.2. The average molecular weight is 271 g/mol. The summed E-state index contributed by atoms with van der Waals surface area (Å²) in [6.07, 6.45) is -0.189. The highest BCUT2D eigenvalue weighted by Gasteiger charge is 2.44. The first-order valence-corrected chi connectivity index (χ1v) is 7.58. The van der Waals surface area contributed by atoms with Crippen LogP contribution in [0.1, 0.15) is 27.7 Å². The molecule has 0 aliphatic rings. The topological polar surface area (TPSA) is 61.5 Å². The molecule has 0 bridgehead atoms. The first-order valence-electron chi connectivity index (χ1n) is 6.04. The van der Waals surface area contributed by atoms with E-state index < -0.39 is 12.8 Å². The molecule has 1 aromatic carbocycles. The summed E-state index contributed by atoms with van der Waals surface area (Å²) in [6.45, 7) is 7.46. The van der Waals surface area contributed by atoms with E-state index in [9.17, 15) is 4.57 Å². The number of para-hydroxylation sites is 1. The molecule has 102 valence electrons. The molecule has 1 rings (SSSR count). The number of benzene rings is 1. The number of hydrogen-bond acceptors (Lipinski definition) is 4. The molecular formula is C13H22NO3P. The Morgan fingerprint density at radius 2 is 1.83 bits per heavy atom. The maximum atomic E-state index is 12.9. The van der Waals surface area contributed by atoms with Gasteiger partial charge >= 0.3 is 7.60 Å². The van der Waals surface area contributed by atoms with Gasteiger partial charge in [-0.25, -0.2) is 4.57 Å². The van der Waals surface area contributed by atoms with Gasteiger partial charge in [0.2, 0.25) is 0 Å². The highest BCUT2D eigenvalue weighted by Crippen LogP contribution is 2.59. The van der Waals surface area contributed by atoms with Gasteiger partial charge in [-0.05, 0) is 39.8 Å². The molecular weight excluding hydrogens is 249 g/mol. The van der Waals surface area contributed by atoms with Gasteiger partial charge in [0.25, 0.3) is 0 Å². The molecule has 0 saturated carbocycles. The van der Waals surface area contributed by atoms with E-state index in [2.05, 4.69) is 0 Å². The third kappa shape index (κ3) is 3.58. The lowest BCUT2D eigenvalue weighted by Crippen LogP contribution is -2.34. The van der Waals surface area contributed by atoms with E-state index in [1.165, 1.54) is 0 Å². The Balaban J connectivity index is 3.03. The van der Waals surface area contributed by atoms with Gasteiger partial charge in [-0.2, -0.15) is 0 Å². The van der Waals surface area contributed by atoms with Crippen molar-refractivity contribution in [3.8, 4) is 5.75 Å². The van der Waals surface area contributed by atoms with E-state index in [0.717, 1.165) is 0 Å². The Kier molecular flexibility index (Phi) is 4.97. The van der Waals surface area contributed by atoms with Crippen molar-refractivity contribution in [1.29, 1.82) is 0 Å². The van der Waals surface area contributed by atoms with Crippen LogP contribution >= 0.6 is 7.60 Å². The van der Waals surface area contributed by atoms with Crippen LogP contribution in [0.25, 0.3) is 0 Å². The van der Waals surface area contributed by atoms with Crippen LogP contribution in [-0.2, 0) is 9.09 Å². The number of nitrogens with two attached hydrogens (primary N) is 1. The van der Waals surface area contributed by atoms with Crippen molar-refractivity contribution in [3.05, 3.63) is 30.3 Å². The summed E-state index contributed by atoms with van der Waals surface area (Å²) in [6, 6.07) is 9.02. The largest absolute Gasteiger partial charge is 0.424 e. The van der Waals surface area contributed by atoms with Crippen LogP contribution in [0.3, 0.4) is 0 Å². The van der Waals surface area contributed by atoms with Crippen molar-refractivity contribution in [3.63, 3.8) is 0 Å². The number of rotatable bonds is 6. The Morgan fingerprint density at radius 3 is 2.28 bits per heavy atom. The Bertz CT molecular complexity index is 418. The monoisotopic (exact) mass is 271 g/mol. The second-order valence-corrected chi connectivity index (χ2v) is 7.67. The minimum absolute atomic E-state index is 0.189. The van der Waals surface area contributed by atoms with Crippen molar-refractivity contribution in [2.75, 3.05) is 6.54 Å². The Labute approximate surface area is 109 Å². The molecule has 4 nitrogen and oxygen atoms in total. The number of hydrogen-bond donors (Lipinski definition) is 1. The molecule has 1 unspecified atom stereocenters. The molecule has 0 spiro atoms. The lowest BCUT2D eigenvalue weighted by molar-refractivity contribution is 0.194. The normalized spacial score (nSPS) is 15.4. The predicted molar refractivity (Wildman–Crippen MR) is 74.0 cm³/mol. The second kappa shape index (κ2) is 5.87. The van der Waals surface area contributed by atoms with Crippen LogP contribution in [0.2, 0.25) is 0 Å². The van der Waals surface area contributed by atoms with Crippen LogP contribution in [0, 0.1) is 0 Å². The quantitative estimate of drug-likeness (QED) is 0.805. The van der Waals surface area contributed by atoms with Crippen LogP contribution in [0.4, 0.5) is 0 Å². The molecule has 0 aliphatic heterocycles. The zero-order valence-electron chi connectivity index (χ0n) is 11.4. The highest BCUT2D eigenvalue weighted by atomic mass is 31.2. The van der Waals surface area contributed by atoms with E-state index in [0.29, 0.717) is 5.75 Å². The smallest absolute Gasteiger partial charge is 0.386 e. The Hall–Kier alpha value is -0.830. The van der Waals surface area contributed by atoms with Gasteiger partial charge in [-0.15, -0.1) is 0 Å². The van der Waals surface area contributed by atoms with Gasteiger partial charge < -0.3 is 10.3 Å². The maximum Gasteiger partial charge on any atom is 0.386 e. The molecule has 2 N–H and O–H groups in total. The molecule has 0 aliphatic carbocycles. The molecule has 1 aromatic rings. The summed E-state index contributed by atoms with van der Waals surface area (Å²) in [4.78, 5) is 0. The zero-order valence-corrected chi connectivity index (χ0v) is 12.3. The van der Waals surface area contributed by atoms with Crippen molar-refractivity contribution >= 4 is 7.60 Å². The highest BCUT2D eigenvalue weighted by molar-refractivity contribution is 7.56. The molecule has 0 amide bonds. The van der Waals surface area contributed by atoms with E-state index in [1.807, 2.05) is 32.0 Å². The van der Waals surface area contributed by atoms with Gasteiger partial charge in [0.1, 0.15) is 5.75 Å². The van der Waals surface area contributed by atoms with Crippen LogP contribution in [-0.4, -0.2) is 17.8 Å². The van der Waals surface area contributed by atoms with Crippen molar-refractivity contribution in [1.82, 2.24) is 0 Å². The fourth-order valence-electron chi connectivity index (χ4n) is 1.30. The third-order valence-corrected chi connectivity index (χ3v) is 5.37. The van der Waals surface area contributed by atoms with Gasteiger partial charge in [-0.3, -0.25) is 4.52 Å². The van der Waals surface area contributed by atoms with E-state index >= 15 is 0 Å². The van der Waals surface area contributed by atoms with Crippen molar-refractivity contribution in [2.24, 2.45) is 5.73 Å². The zero-order chi connectivity index (χ0) is 13.8. The van der Waals surface area contributed by atoms with Gasteiger partial charge in [0.05, 0.1) is 11.3 Å². The molecule has 0 heterocycles. The first-order chi connectivity index (χ1) is 8.31. The summed E-state index contributed by atoms with van der Waals surface area (Å²) >= 11 is 0. The van der Waals surface area contributed by atoms with Gasteiger partial charge in [0.15, 0.2) is 0 Å². The molecule has 0 aromatic heterocycles. The van der Waals surface area contributed by atoms with Crippen molar-refractivity contribution in [2.45, 2.75) is 39.0 Å². The Morgan fingerprint density at radius 1 is 1.28 bits per heavy atom. The molecule has 1 atom stereocenters. The van der Waals surface area contributed by atoms with E-state index in [1.54, 1.807) is 26.0 Å². The first kappa shape index (κ1) is 15.2. The summed E-state index contributed by atoms with van der Waals surface area (Å²) in [5.41, 5.74) is 5.69. The maximum absolute atomic E-state index is 12.9. The van der Waals surface area contributed by atoms with Crippen LogP contribution in [0.5, 0.6) is 5.75 Å². The summed E-state index contributed by atoms with van der Waals surface area (Å²) in [7, 11) is -3.33. The van der Waals surface area contributed by atoms with Crippen LogP contribution in [0.15, 0.2) is 30.3 Å².